The SMILES string of the molecule is Fc1ccc(C(OC2C[C@H]3CC[C@@H](C2)N3Cc2ccc(Cl)c(Cl)c2)c2ccc(F)cc2)cc1. The predicted molar refractivity (Wildman–Crippen MR) is 128 cm³/mol. The van der Waals surface area contributed by atoms with Gasteiger partial charge >= 0.3 is 0 Å². The molecule has 2 bridgehead atoms. The van der Waals surface area contributed by atoms with Gasteiger partial charge in [0, 0.05) is 18.6 Å². The molecule has 0 aromatic heterocycles. The summed E-state index contributed by atoms with van der Waals surface area (Å²) >= 11 is 12.3. The molecule has 3 aromatic rings. The molecule has 1 unspecified atom stereocenters. The minimum absolute atomic E-state index is 0.0765. The molecule has 0 N–H and O–H groups in total. The van der Waals surface area contributed by atoms with E-state index >= 15 is 0 Å². The van der Waals surface area contributed by atoms with E-state index < -0.39 is 0 Å². The number of benzene rings is 3. The summed E-state index contributed by atoms with van der Waals surface area (Å²) in [6, 6.07) is 19.5. The van der Waals surface area contributed by atoms with Crippen molar-refractivity contribution in [3.63, 3.8) is 0 Å². The van der Waals surface area contributed by atoms with Crippen molar-refractivity contribution >= 4 is 23.2 Å². The fourth-order valence-electron chi connectivity index (χ4n) is 5.26. The molecule has 0 saturated carbocycles. The average molecular weight is 488 g/mol. The Kier molecular flexibility index (Phi) is 6.71. The summed E-state index contributed by atoms with van der Waals surface area (Å²) in [7, 11) is 0. The van der Waals surface area contributed by atoms with Gasteiger partial charge in [-0.2, -0.15) is 0 Å². The van der Waals surface area contributed by atoms with Gasteiger partial charge in [-0.05, 0) is 78.8 Å². The number of fused-ring (bicyclic) bond motifs is 2. The lowest BCUT2D eigenvalue weighted by Gasteiger charge is -2.40. The van der Waals surface area contributed by atoms with Crippen LogP contribution in [0.4, 0.5) is 8.78 Å². The first-order chi connectivity index (χ1) is 16.0. The smallest absolute Gasteiger partial charge is 0.123 e. The second kappa shape index (κ2) is 9.71. The number of hydrogen-bond acceptors (Lipinski definition) is 2. The maximum Gasteiger partial charge on any atom is 0.123 e. The van der Waals surface area contributed by atoms with Crippen molar-refractivity contribution in [2.75, 3.05) is 0 Å². The van der Waals surface area contributed by atoms with E-state index in [2.05, 4.69) is 4.90 Å². The Morgan fingerprint density at radius 1 is 0.788 bits per heavy atom. The maximum absolute atomic E-state index is 13.5. The summed E-state index contributed by atoms with van der Waals surface area (Å²) in [5, 5.41) is 1.16. The number of halogens is 4. The molecule has 3 aromatic carbocycles. The second-order valence-corrected chi connectivity index (χ2v) is 9.83. The topological polar surface area (TPSA) is 12.5 Å². The first-order valence-electron chi connectivity index (χ1n) is 11.3. The van der Waals surface area contributed by atoms with Crippen LogP contribution in [0.1, 0.15) is 48.5 Å². The van der Waals surface area contributed by atoms with E-state index in [4.69, 9.17) is 27.9 Å². The summed E-state index contributed by atoms with van der Waals surface area (Å²) in [5.74, 6) is -0.574. The van der Waals surface area contributed by atoms with Crippen LogP contribution in [0.5, 0.6) is 0 Å². The Bertz CT molecular complexity index is 1050. The van der Waals surface area contributed by atoms with Gasteiger partial charge in [0.25, 0.3) is 0 Å². The largest absolute Gasteiger partial charge is 0.365 e. The fraction of sp³-hybridized carbons (Fsp3) is 0.333. The lowest BCUT2D eigenvalue weighted by atomic mass is 9.96. The van der Waals surface area contributed by atoms with Crippen LogP contribution in [-0.2, 0) is 11.3 Å². The maximum atomic E-state index is 13.5. The molecule has 0 spiro atoms. The van der Waals surface area contributed by atoms with E-state index in [9.17, 15) is 8.78 Å². The highest BCUT2D eigenvalue weighted by Crippen LogP contribution is 2.41. The molecule has 5 rings (SSSR count). The Morgan fingerprint density at radius 3 is 1.85 bits per heavy atom. The van der Waals surface area contributed by atoms with Gasteiger partial charge in [-0.25, -0.2) is 8.78 Å². The molecule has 2 fully saturated rings. The Balaban J connectivity index is 1.32. The van der Waals surface area contributed by atoms with Crippen LogP contribution in [0.2, 0.25) is 10.0 Å². The molecule has 3 atom stereocenters. The average Bonchev–Trinajstić information content (AvgIpc) is 3.03. The van der Waals surface area contributed by atoms with Crippen molar-refractivity contribution in [3.05, 3.63) is 105 Å². The molecule has 33 heavy (non-hydrogen) atoms. The zero-order valence-corrected chi connectivity index (χ0v) is 19.6. The van der Waals surface area contributed by atoms with Crippen molar-refractivity contribution in [1.82, 2.24) is 4.90 Å². The lowest BCUT2D eigenvalue weighted by molar-refractivity contribution is -0.0501. The van der Waals surface area contributed by atoms with Crippen LogP contribution in [0, 0.1) is 11.6 Å². The van der Waals surface area contributed by atoms with E-state index in [0.717, 1.165) is 48.9 Å². The fourth-order valence-corrected chi connectivity index (χ4v) is 5.58. The number of rotatable bonds is 6. The van der Waals surface area contributed by atoms with Crippen LogP contribution in [0.3, 0.4) is 0 Å². The number of ether oxygens (including phenoxy) is 1. The molecule has 172 valence electrons. The van der Waals surface area contributed by atoms with Crippen molar-refractivity contribution in [2.45, 2.75) is 56.5 Å². The summed E-state index contributed by atoms with van der Waals surface area (Å²) in [6.07, 6.45) is 3.85. The Morgan fingerprint density at radius 2 is 1.33 bits per heavy atom. The third-order valence-corrected chi connectivity index (χ3v) is 7.60. The lowest BCUT2D eigenvalue weighted by Crippen LogP contribution is -2.45. The predicted octanol–water partition coefficient (Wildman–Crippen LogP) is 7.57. The summed E-state index contributed by atoms with van der Waals surface area (Å²) in [5.41, 5.74) is 2.90. The first-order valence-corrected chi connectivity index (χ1v) is 12.1. The summed E-state index contributed by atoms with van der Waals surface area (Å²) < 4.78 is 33.7. The third kappa shape index (κ3) is 5.09. The van der Waals surface area contributed by atoms with Crippen LogP contribution in [-0.4, -0.2) is 23.1 Å². The van der Waals surface area contributed by atoms with Gasteiger partial charge < -0.3 is 4.74 Å². The van der Waals surface area contributed by atoms with Crippen molar-refractivity contribution in [3.8, 4) is 0 Å². The molecular formula is C27H25Cl2F2NO. The Hall–Kier alpha value is -1.98. The van der Waals surface area contributed by atoms with Gasteiger partial charge in [-0.3, -0.25) is 4.90 Å². The van der Waals surface area contributed by atoms with E-state index in [1.54, 1.807) is 24.3 Å². The standard InChI is InChI=1S/C27H25Cl2F2NO/c28-25-12-1-17(13-26(25)29)16-32-22-10-11-23(32)15-24(14-22)33-27(18-2-6-20(30)7-3-18)19-4-8-21(31)9-5-19/h1-9,12-13,22-24,27H,10-11,14-16H2/t22-,23+,24?. The summed E-state index contributed by atoms with van der Waals surface area (Å²) in [6.45, 7) is 0.846. The minimum atomic E-state index is -0.364. The van der Waals surface area contributed by atoms with E-state index in [1.807, 2.05) is 18.2 Å². The molecule has 6 heteroatoms. The van der Waals surface area contributed by atoms with E-state index in [-0.39, 0.29) is 23.8 Å². The second-order valence-electron chi connectivity index (χ2n) is 9.02. The highest BCUT2D eigenvalue weighted by atomic mass is 35.5. The molecule has 0 radical (unpaired) electrons. The van der Waals surface area contributed by atoms with Gasteiger partial charge in [0.15, 0.2) is 0 Å². The molecule has 2 aliphatic rings. The van der Waals surface area contributed by atoms with Crippen molar-refractivity contribution in [1.29, 1.82) is 0 Å². The number of piperidine rings is 1. The highest BCUT2D eigenvalue weighted by Gasteiger charge is 2.41. The van der Waals surface area contributed by atoms with Crippen LogP contribution < -0.4 is 0 Å². The van der Waals surface area contributed by atoms with Crippen LogP contribution in [0.25, 0.3) is 0 Å². The number of hydrogen-bond donors (Lipinski definition) is 0. The van der Waals surface area contributed by atoms with Crippen molar-refractivity contribution in [2.24, 2.45) is 0 Å². The van der Waals surface area contributed by atoms with Gasteiger partial charge in [-0.15, -0.1) is 0 Å². The van der Waals surface area contributed by atoms with Gasteiger partial charge in [-0.1, -0.05) is 53.5 Å². The first kappa shape index (κ1) is 22.8. The Labute approximate surface area is 203 Å². The highest BCUT2D eigenvalue weighted by molar-refractivity contribution is 6.42. The molecule has 0 amide bonds. The van der Waals surface area contributed by atoms with E-state index in [0.29, 0.717) is 22.1 Å². The van der Waals surface area contributed by atoms with E-state index in [1.165, 1.54) is 24.3 Å². The normalized spacial score (nSPS) is 22.8. The molecule has 2 saturated heterocycles. The molecule has 2 aliphatic heterocycles. The van der Waals surface area contributed by atoms with Gasteiger partial charge in [0.2, 0.25) is 0 Å². The van der Waals surface area contributed by atoms with Crippen LogP contribution in [0.15, 0.2) is 66.7 Å². The number of nitrogens with zero attached hydrogens (tertiary/aromatic N) is 1. The minimum Gasteiger partial charge on any atom is -0.365 e. The van der Waals surface area contributed by atoms with Crippen LogP contribution >= 0.6 is 23.2 Å². The molecule has 0 aliphatic carbocycles. The zero-order valence-electron chi connectivity index (χ0n) is 18.1. The van der Waals surface area contributed by atoms with Gasteiger partial charge in [0.1, 0.15) is 17.7 Å². The summed E-state index contributed by atoms with van der Waals surface area (Å²) in [4.78, 5) is 2.56. The monoisotopic (exact) mass is 487 g/mol. The van der Waals surface area contributed by atoms with Crippen molar-refractivity contribution < 1.29 is 13.5 Å². The van der Waals surface area contributed by atoms with Gasteiger partial charge in [0.05, 0.1) is 16.1 Å². The molecular weight excluding hydrogens is 463 g/mol. The molecule has 2 nitrogen and oxygen atoms in total. The quantitative estimate of drug-likeness (QED) is 0.355. The zero-order chi connectivity index (χ0) is 22.9. The molecule has 2 heterocycles. The third-order valence-electron chi connectivity index (χ3n) is 6.86.